The van der Waals surface area contributed by atoms with Crippen LogP contribution in [0, 0.1) is 6.92 Å². The Morgan fingerprint density at radius 3 is 2.31 bits per heavy atom. The van der Waals surface area contributed by atoms with Crippen LogP contribution in [-0.2, 0) is 20.9 Å². The number of amides is 2. The average Bonchev–Trinajstić information content (AvgIpc) is 2.62. The van der Waals surface area contributed by atoms with Crippen molar-refractivity contribution in [2.75, 3.05) is 5.32 Å². The number of ether oxygens (including phenoxy) is 1. The number of hydrogen-bond acceptors (Lipinski definition) is 4. The van der Waals surface area contributed by atoms with Gasteiger partial charge in [0.15, 0.2) is 0 Å². The fourth-order valence-corrected chi connectivity index (χ4v) is 2.16. The number of carboxylic acids is 1. The Bertz CT molecular complexity index is 759. The molecule has 2 aromatic rings. The minimum atomic E-state index is -1.25. The Kier molecular flexibility index (Phi) is 6.73. The van der Waals surface area contributed by atoms with E-state index < -0.39 is 30.4 Å². The van der Waals surface area contributed by atoms with E-state index in [1.165, 1.54) is 0 Å². The van der Waals surface area contributed by atoms with Crippen LogP contribution in [0.4, 0.5) is 10.5 Å². The third kappa shape index (κ3) is 6.27. The first-order chi connectivity index (χ1) is 12.4. The standard InChI is InChI=1S/C19H20N2O5/c1-13-7-9-15(10-8-13)20-18(24)16(11-17(22)23)21-19(25)26-12-14-5-3-2-4-6-14/h2-10,16H,11-12H2,1H3,(H,20,24)(H,21,25)(H,22,23)/t16-/m0/s1. The monoisotopic (exact) mass is 356 g/mol. The van der Waals surface area contributed by atoms with Crippen LogP contribution in [0.25, 0.3) is 0 Å². The van der Waals surface area contributed by atoms with Gasteiger partial charge in [0.25, 0.3) is 0 Å². The lowest BCUT2D eigenvalue weighted by atomic mass is 10.1. The first-order valence-corrected chi connectivity index (χ1v) is 8.00. The van der Waals surface area contributed by atoms with Gasteiger partial charge < -0.3 is 20.5 Å². The van der Waals surface area contributed by atoms with E-state index in [9.17, 15) is 14.4 Å². The molecular formula is C19H20N2O5. The minimum absolute atomic E-state index is 0.0199. The van der Waals surface area contributed by atoms with E-state index in [1.807, 2.05) is 25.1 Å². The van der Waals surface area contributed by atoms with Gasteiger partial charge in [-0.05, 0) is 24.6 Å². The summed E-state index contributed by atoms with van der Waals surface area (Å²) >= 11 is 0. The van der Waals surface area contributed by atoms with Crippen molar-refractivity contribution in [1.82, 2.24) is 5.32 Å². The molecule has 2 rings (SSSR count). The van der Waals surface area contributed by atoms with E-state index in [0.717, 1.165) is 11.1 Å². The van der Waals surface area contributed by atoms with Crippen molar-refractivity contribution in [3.05, 3.63) is 65.7 Å². The van der Waals surface area contributed by atoms with Crippen molar-refractivity contribution in [3.8, 4) is 0 Å². The van der Waals surface area contributed by atoms with Crippen molar-refractivity contribution in [1.29, 1.82) is 0 Å². The van der Waals surface area contributed by atoms with Gasteiger partial charge in [0.2, 0.25) is 5.91 Å². The highest BCUT2D eigenvalue weighted by molar-refractivity contribution is 5.98. The third-order valence-corrected chi connectivity index (χ3v) is 3.52. The normalized spacial score (nSPS) is 11.3. The molecule has 0 spiro atoms. The first-order valence-electron chi connectivity index (χ1n) is 8.00. The summed E-state index contributed by atoms with van der Waals surface area (Å²) in [4.78, 5) is 35.2. The molecule has 26 heavy (non-hydrogen) atoms. The number of carbonyl (C=O) groups is 3. The quantitative estimate of drug-likeness (QED) is 0.707. The number of hydrogen-bond donors (Lipinski definition) is 3. The Morgan fingerprint density at radius 1 is 1.04 bits per heavy atom. The lowest BCUT2D eigenvalue weighted by Crippen LogP contribution is -2.45. The van der Waals surface area contributed by atoms with Crippen molar-refractivity contribution in [2.24, 2.45) is 0 Å². The van der Waals surface area contributed by atoms with Crippen LogP contribution >= 0.6 is 0 Å². The van der Waals surface area contributed by atoms with E-state index in [4.69, 9.17) is 9.84 Å². The van der Waals surface area contributed by atoms with Crippen LogP contribution in [0.1, 0.15) is 17.5 Å². The van der Waals surface area contributed by atoms with Gasteiger partial charge in [0.05, 0.1) is 6.42 Å². The molecule has 0 fully saturated rings. The lowest BCUT2D eigenvalue weighted by molar-refractivity contribution is -0.139. The van der Waals surface area contributed by atoms with Crippen molar-refractivity contribution >= 4 is 23.7 Å². The van der Waals surface area contributed by atoms with Crippen molar-refractivity contribution in [2.45, 2.75) is 26.0 Å². The summed E-state index contributed by atoms with van der Waals surface area (Å²) in [7, 11) is 0. The number of rotatable bonds is 7. The summed E-state index contributed by atoms with van der Waals surface area (Å²) in [5, 5.41) is 13.9. The Balaban J connectivity index is 1.94. The summed E-state index contributed by atoms with van der Waals surface area (Å²) in [6.45, 7) is 1.93. The Morgan fingerprint density at radius 2 is 1.69 bits per heavy atom. The Labute approximate surface area is 151 Å². The van der Waals surface area contributed by atoms with E-state index in [1.54, 1.807) is 36.4 Å². The molecule has 0 heterocycles. The number of benzene rings is 2. The zero-order valence-electron chi connectivity index (χ0n) is 14.3. The van der Waals surface area contributed by atoms with Crippen LogP contribution in [-0.4, -0.2) is 29.1 Å². The van der Waals surface area contributed by atoms with Crippen LogP contribution in [0.2, 0.25) is 0 Å². The number of carbonyl (C=O) groups excluding carboxylic acids is 2. The average molecular weight is 356 g/mol. The molecule has 7 heteroatoms. The Hall–Kier alpha value is -3.35. The largest absolute Gasteiger partial charge is 0.481 e. The van der Waals surface area contributed by atoms with Crippen LogP contribution in [0.5, 0.6) is 0 Å². The predicted octanol–water partition coefficient (Wildman–Crippen LogP) is 2.70. The molecule has 0 radical (unpaired) electrons. The highest BCUT2D eigenvalue weighted by Gasteiger charge is 2.24. The molecule has 136 valence electrons. The van der Waals surface area contributed by atoms with Gasteiger partial charge in [0.1, 0.15) is 12.6 Å². The SMILES string of the molecule is Cc1ccc(NC(=O)[C@H](CC(=O)O)NC(=O)OCc2ccccc2)cc1. The van der Waals surface area contributed by atoms with E-state index in [2.05, 4.69) is 10.6 Å². The van der Waals surface area contributed by atoms with Gasteiger partial charge in [-0.3, -0.25) is 9.59 Å². The molecule has 1 atom stereocenters. The smallest absolute Gasteiger partial charge is 0.408 e. The molecule has 3 N–H and O–H groups in total. The molecule has 0 aliphatic heterocycles. The zero-order valence-corrected chi connectivity index (χ0v) is 14.3. The second-order valence-electron chi connectivity index (χ2n) is 5.71. The number of carboxylic acid groups (broad SMARTS) is 1. The van der Waals surface area contributed by atoms with E-state index in [-0.39, 0.29) is 6.61 Å². The molecule has 0 unspecified atom stereocenters. The van der Waals surface area contributed by atoms with Gasteiger partial charge in [-0.2, -0.15) is 0 Å². The molecule has 0 saturated heterocycles. The fraction of sp³-hybridized carbons (Fsp3) is 0.211. The molecule has 0 aliphatic carbocycles. The van der Waals surface area contributed by atoms with Crippen LogP contribution in [0.15, 0.2) is 54.6 Å². The van der Waals surface area contributed by atoms with Gasteiger partial charge in [-0.1, -0.05) is 48.0 Å². The second kappa shape index (κ2) is 9.22. The zero-order chi connectivity index (χ0) is 18.9. The number of aryl methyl sites for hydroxylation is 1. The molecule has 0 bridgehead atoms. The maximum Gasteiger partial charge on any atom is 0.408 e. The highest BCUT2D eigenvalue weighted by atomic mass is 16.5. The molecule has 2 aromatic carbocycles. The molecule has 2 amide bonds. The van der Waals surface area contributed by atoms with Crippen molar-refractivity contribution in [3.63, 3.8) is 0 Å². The second-order valence-corrected chi connectivity index (χ2v) is 5.71. The maximum atomic E-state index is 12.3. The number of nitrogens with one attached hydrogen (secondary N) is 2. The molecule has 0 aromatic heterocycles. The summed E-state index contributed by atoms with van der Waals surface area (Å²) in [6.07, 6.45) is -1.42. The van der Waals surface area contributed by atoms with Gasteiger partial charge in [-0.25, -0.2) is 4.79 Å². The molecule has 0 saturated carbocycles. The fourth-order valence-electron chi connectivity index (χ4n) is 2.16. The van der Waals surface area contributed by atoms with Crippen LogP contribution in [0.3, 0.4) is 0 Å². The highest BCUT2D eigenvalue weighted by Crippen LogP contribution is 2.10. The summed E-state index contributed by atoms with van der Waals surface area (Å²) in [5.74, 6) is -1.84. The number of anilines is 1. The summed E-state index contributed by atoms with van der Waals surface area (Å²) < 4.78 is 5.03. The van der Waals surface area contributed by atoms with Crippen molar-refractivity contribution < 1.29 is 24.2 Å². The third-order valence-electron chi connectivity index (χ3n) is 3.52. The van der Waals surface area contributed by atoms with Gasteiger partial charge in [0, 0.05) is 5.69 Å². The predicted molar refractivity (Wildman–Crippen MR) is 95.6 cm³/mol. The molecule has 7 nitrogen and oxygen atoms in total. The van der Waals surface area contributed by atoms with E-state index in [0.29, 0.717) is 5.69 Å². The topological polar surface area (TPSA) is 105 Å². The van der Waals surface area contributed by atoms with Gasteiger partial charge >= 0.3 is 12.1 Å². The number of aliphatic carboxylic acids is 1. The number of alkyl carbamates (subject to hydrolysis) is 1. The first kappa shape index (κ1) is 19.0. The van der Waals surface area contributed by atoms with E-state index >= 15 is 0 Å². The molecular weight excluding hydrogens is 336 g/mol. The van der Waals surface area contributed by atoms with Crippen LogP contribution < -0.4 is 10.6 Å². The maximum absolute atomic E-state index is 12.3. The minimum Gasteiger partial charge on any atom is -0.481 e. The lowest BCUT2D eigenvalue weighted by Gasteiger charge is -2.17. The van der Waals surface area contributed by atoms with Gasteiger partial charge in [-0.15, -0.1) is 0 Å². The summed E-state index contributed by atoms with van der Waals surface area (Å²) in [6, 6.07) is 14.8. The summed E-state index contributed by atoms with van der Waals surface area (Å²) in [5.41, 5.74) is 2.31. The molecule has 0 aliphatic rings.